The van der Waals surface area contributed by atoms with Gasteiger partial charge in [0.25, 0.3) is 0 Å². The third-order valence-corrected chi connectivity index (χ3v) is 7.84. The van der Waals surface area contributed by atoms with Crippen LogP contribution in [0.1, 0.15) is 51.0 Å². The summed E-state index contributed by atoms with van der Waals surface area (Å²) in [5.74, 6) is -0.743. The van der Waals surface area contributed by atoms with Gasteiger partial charge in [-0.15, -0.1) is 0 Å². The summed E-state index contributed by atoms with van der Waals surface area (Å²) in [7, 11) is 0. The smallest absolute Gasteiger partial charge is 0.410 e. The Hall–Kier alpha value is -3.37. The third kappa shape index (κ3) is 7.33. The summed E-state index contributed by atoms with van der Waals surface area (Å²) in [4.78, 5) is 18.9. The minimum Gasteiger partial charge on any atom is -0.444 e. The molecule has 0 radical (unpaired) electrons. The number of nitrogens with zero attached hydrogens (tertiary/aromatic N) is 3. The Morgan fingerprint density at radius 2 is 1.86 bits per heavy atom. The van der Waals surface area contributed by atoms with Gasteiger partial charge in [0.2, 0.25) is 0 Å². The minimum atomic E-state index is -1.21. The van der Waals surface area contributed by atoms with Gasteiger partial charge in [0, 0.05) is 50.5 Å². The number of hydrogen-bond donors (Lipinski definition) is 1. The van der Waals surface area contributed by atoms with Crippen LogP contribution in [0.5, 0.6) is 0 Å². The molecule has 2 aromatic carbocycles. The van der Waals surface area contributed by atoms with E-state index in [1.807, 2.05) is 34.9 Å². The van der Waals surface area contributed by atoms with Crippen molar-refractivity contribution in [3.63, 3.8) is 0 Å². The predicted octanol–water partition coefficient (Wildman–Crippen LogP) is 6.14. The molecular formula is C32H39F3N4O3. The fraction of sp³-hybridized carbons (Fsp3) is 0.500. The fourth-order valence-electron chi connectivity index (χ4n) is 5.70. The number of nitrogens with one attached hydrogen (secondary N) is 1. The average molecular weight is 585 g/mol. The lowest BCUT2D eigenvalue weighted by molar-refractivity contribution is 0.0280. The van der Waals surface area contributed by atoms with Gasteiger partial charge in [-0.3, -0.25) is 0 Å². The molecule has 1 N–H and O–H groups in total. The summed E-state index contributed by atoms with van der Waals surface area (Å²) in [5.41, 5.74) is 0.779. The van der Waals surface area contributed by atoms with Gasteiger partial charge in [-0.1, -0.05) is 30.3 Å². The number of ether oxygens (including phenoxy) is 2. The van der Waals surface area contributed by atoms with E-state index in [1.54, 1.807) is 27.0 Å². The molecule has 3 heterocycles. The molecule has 2 aliphatic heterocycles. The summed E-state index contributed by atoms with van der Waals surface area (Å²) in [6, 6.07) is 12.9. The first kappa shape index (κ1) is 30.1. The van der Waals surface area contributed by atoms with Crippen LogP contribution in [0.3, 0.4) is 0 Å². The van der Waals surface area contributed by atoms with Crippen LogP contribution in [0.2, 0.25) is 0 Å². The van der Waals surface area contributed by atoms with Crippen LogP contribution < -0.4 is 5.32 Å². The SMILES string of the molecule is CC(C)(C)OC(=O)N1CC(F)C(CNC(c2nc(-c3cc(F)ccc3F)cn2Cc2ccccc2)C2CCOCC2)C1. The minimum absolute atomic E-state index is 0.0190. The maximum Gasteiger partial charge on any atom is 0.410 e. The molecule has 10 heteroatoms. The highest BCUT2D eigenvalue weighted by molar-refractivity contribution is 5.68. The van der Waals surface area contributed by atoms with Crippen molar-refractivity contribution in [3.8, 4) is 11.3 Å². The number of amides is 1. The molecule has 0 saturated carbocycles. The summed E-state index contributed by atoms with van der Waals surface area (Å²) in [6.45, 7) is 7.54. The quantitative estimate of drug-likeness (QED) is 0.345. The van der Waals surface area contributed by atoms with Crippen LogP contribution in [0, 0.1) is 23.5 Å². The maximum atomic E-state index is 15.2. The Bertz CT molecular complexity index is 1350. The highest BCUT2D eigenvalue weighted by Crippen LogP contribution is 2.34. The van der Waals surface area contributed by atoms with Crippen molar-refractivity contribution in [2.45, 2.75) is 58.0 Å². The molecule has 3 unspecified atom stereocenters. The first-order valence-corrected chi connectivity index (χ1v) is 14.6. The molecule has 2 saturated heterocycles. The second kappa shape index (κ2) is 12.9. The second-order valence-electron chi connectivity index (χ2n) is 12.2. The highest BCUT2D eigenvalue weighted by Gasteiger charge is 2.39. The molecule has 0 aliphatic carbocycles. The Balaban J connectivity index is 1.44. The lowest BCUT2D eigenvalue weighted by Crippen LogP contribution is -2.39. The number of imidazole rings is 1. The van der Waals surface area contributed by atoms with E-state index in [-0.39, 0.29) is 30.6 Å². The third-order valence-electron chi connectivity index (χ3n) is 7.84. The van der Waals surface area contributed by atoms with E-state index in [1.165, 1.54) is 4.90 Å². The van der Waals surface area contributed by atoms with Crippen molar-refractivity contribution in [3.05, 3.63) is 77.8 Å². The summed E-state index contributed by atoms with van der Waals surface area (Å²) < 4.78 is 57.2. The standard InChI is InChI=1S/C32H39F3N4O3/c1-32(2,3)42-31(40)39-18-23(27(35)19-39)16-36-29(22-11-13-41-14-12-22)30-37-28(25-15-24(33)9-10-26(25)34)20-38(30)17-21-7-5-4-6-8-21/h4-10,15,20,22-23,27,29,36H,11-14,16-19H2,1-3H3. The normalized spacial score (nSPS) is 20.6. The monoisotopic (exact) mass is 584 g/mol. The Kier molecular flexibility index (Phi) is 9.22. The molecule has 2 fully saturated rings. The van der Waals surface area contributed by atoms with Gasteiger partial charge in [0.05, 0.1) is 18.3 Å². The molecule has 1 amide bonds. The first-order chi connectivity index (χ1) is 20.1. The number of hydrogen-bond acceptors (Lipinski definition) is 5. The van der Waals surface area contributed by atoms with Crippen LogP contribution in [0.4, 0.5) is 18.0 Å². The molecule has 3 aromatic rings. The zero-order valence-corrected chi connectivity index (χ0v) is 24.4. The summed E-state index contributed by atoms with van der Waals surface area (Å²) >= 11 is 0. The van der Waals surface area contributed by atoms with Crippen LogP contribution >= 0.6 is 0 Å². The van der Waals surface area contributed by atoms with E-state index in [2.05, 4.69) is 5.32 Å². The molecule has 1 aromatic heterocycles. The van der Waals surface area contributed by atoms with E-state index in [0.717, 1.165) is 36.6 Å². The number of alkyl halides is 1. The molecule has 2 aliphatic rings. The summed E-state index contributed by atoms with van der Waals surface area (Å²) in [5, 5.41) is 3.58. The average Bonchev–Trinajstić information content (AvgIpc) is 3.54. The van der Waals surface area contributed by atoms with E-state index in [9.17, 15) is 13.6 Å². The Morgan fingerprint density at radius 3 is 2.57 bits per heavy atom. The Labute approximate surface area is 245 Å². The van der Waals surface area contributed by atoms with Crippen LogP contribution in [-0.2, 0) is 16.0 Å². The van der Waals surface area contributed by atoms with Crippen molar-refractivity contribution in [1.82, 2.24) is 19.8 Å². The van der Waals surface area contributed by atoms with Crippen molar-refractivity contribution in [2.75, 3.05) is 32.8 Å². The molecular weight excluding hydrogens is 545 g/mol. The largest absolute Gasteiger partial charge is 0.444 e. The summed E-state index contributed by atoms with van der Waals surface area (Å²) in [6.07, 6.45) is 1.57. The molecule has 226 valence electrons. The van der Waals surface area contributed by atoms with Crippen molar-refractivity contribution in [1.29, 1.82) is 0 Å². The predicted molar refractivity (Wildman–Crippen MR) is 154 cm³/mol. The lowest BCUT2D eigenvalue weighted by Gasteiger charge is -2.32. The fourth-order valence-corrected chi connectivity index (χ4v) is 5.70. The van der Waals surface area contributed by atoms with Gasteiger partial charge in [0.1, 0.15) is 29.2 Å². The molecule has 0 spiro atoms. The van der Waals surface area contributed by atoms with E-state index >= 15 is 4.39 Å². The number of rotatable bonds is 8. The van der Waals surface area contributed by atoms with E-state index < -0.39 is 35.4 Å². The zero-order valence-electron chi connectivity index (χ0n) is 24.4. The van der Waals surface area contributed by atoms with Gasteiger partial charge < -0.3 is 24.3 Å². The highest BCUT2D eigenvalue weighted by atomic mass is 19.1. The van der Waals surface area contributed by atoms with Crippen molar-refractivity contribution in [2.24, 2.45) is 11.8 Å². The zero-order chi connectivity index (χ0) is 29.9. The topological polar surface area (TPSA) is 68.6 Å². The first-order valence-electron chi connectivity index (χ1n) is 14.6. The number of carbonyl (C=O) groups is 1. The van der Waals surface area contributed by atoms with Crippen LogP contribution in [0.15, 0.2) is 54.7 Å². The number of benzene rings is 2. The van der Waals surface area contributed by atoms with Crippen LogP contribution in [-0.4, -0.2) is 65.2 Å². The molecule has 5 rings (SSSR count). The van der Waals surface area contributed by atoms with Gasteiger partial charge >= 0.3 is 6.09 Å². The van der Waals surface area contributed by atoms with Gasteiger partial charge in [-0.05, 0) is 63.3 Å². The molecule has 42 heavy (non-hydrogen) atoms. The van der Waals surface area contributed by atoms with E-state index in [4.69, 9.17) is 14.5 Å². The lowest BCUT2D eigenvalue weighted by atomic mass is 9.90. The number of carbonyl (C=O) groups excluding carboxylic acids is 1. The van der Waals surface area contributed by atoms with Crippen molar-refractivity contribution >= 4 is 6.09 Å². The van der Waals surface area contributed by atoms with Crippen molar-refractivity contribution < 1.29 is 27.4 Å². The van der Waals surface area contributed by atoms with Gasteiger partial charge in [-0.2, -0.15) is 0 Å². The number of halogens is 3. The number of aromatic nitrogens is 2. The Morgan fingerprint density at radius 1 is 1.12 bits per heavy atom. The molecule has 3 atom stereocenters. The second-order valence-corrected chi connectivity index (χ2v) is 12.2. The molecule has 0 bridgehead atoms. The molecule has 7 nitrogen and oxygen atoms in total. The van der Waals surface area contributed by atoms with Crippen LogP contribution in [0.25, 0.3) is 11.3 Å². The van der Waals surface area contributed by atoms with Gasteiger partial charge in [-0.25, -0.2) is 22.9 Å². The van der Waals surface area contributed by atoms with Gasteiger partial charge in [0.15, 0.2) is 0 Å². The van der Waals surface area contributed by atoms with E-state index in [0.29, 0.717) is 37.8 Å². The number of likely N-dealkylation sites (tertiary alicyclic amines) is 1. The maximum absolute atomic E-state index is 15.2.